The van der Waals surface area contributed by atoms with E-state index in [0.717, 1.165) is 11.3 Å². The molecule has 0 spiro atoms. The number of nitrogens with two attached hydrogens (primary N) is 1. The third kappa shape index (κ3) is 1.17. The van der Waals surface area contributed by atoms with Gasteiger partial charge in [-0.2, -0.15) is 0 Å². The van der Waals surface area contributed by atoms with Crippen LogP contribution in [0, 0.1) is 6.08 Å². The molecule has 0 atom stereocenters. The van der Waals surface area contributed by atoms with Crippen molar-refractivity contribution in [3.05, 3.63) is 23.9 Å². The van der Waals surface area contributed by atoms with Crippen molar-refractivity contribution in [2.45, 2.75) is 6.42 Å². The summed E-state index contributed by atoms with van der Waals surface area (Å²) in [5.41, 5.74) is 6.00. The molecule has 0 heterocycles. The topological polar surface area (TPSA) is 26.0 Å². The first-order valence-corrected chi connectivity index (χ1v) is 2.78. The minimum atomic E-state index is 0.640. The summed E-state index contributed by atoms with van der Waals surface area (Å²) in [7, 11) is 0. The molecule has 2 heteroatoms. The molecule has 1 rings (SSSR count). The second-order valence-electron chi connectivity index (χ2n) is 1.62. The molecule has 1 radical (unpaired) electrons. The van der Waals surface area contributed by atoms with Gasteiger partial charge in [-0.1, -0.05) is 18.3 Å². The van der Waals surface area contributed by atoms with Crippen molar-refractivity contribution in [1.82, 2.24) is 0 Å². The van der Waals surface area contributed by atoms with E-state index in [1.165, 1.54) is 0 Å². The third-order valence-corrected chi connectivity index (χ3v) is 1.17. The van der Waals surface area contributed by atoms with Crippen molar-refractivity contribution >= 4 is 17.1 Å². The van der Waals surface area contributed by atoms with Gasteiger partial charge in [-0.25, -0.2) is 0 Å². The zero-order valence-electron chi connectivity index (χ0n) is 4.35. The summed E-state index contributed by atoms with van der Waals surface area (Å²) in [4.78, 5) is 0.890. The van der Waals surface area contributed by atoms with E-state index in [1.54, 1.807) is 6.08 Å². The number of thiocarbonyl (C=S) groups is 1. The molecule has 0 amide bonds. The van der Waals surface area contributed by atoms with Gasteiger partial charge >= 0.3 is 0 Å². The maximum absolute atomic E-state index is 5.36. The van der Waals surface area contributed by atoms with Gasteiger partial charge < -0.3 is 5.73 Å². The first kappa shape index (κ1) is 5.51. The van der Waals surface area contributed by atoms with Crippen LogP contribution in [0.5, 0.6) is 0 Å². The maximum Gasteiger partial charge on any atom is 0.0402 e. The highest BCUT2D eigenvalue weighted by atomic mass is 32.1. The highest BCUT2D eigenvalue weighted by molar-refractivity contribution is 7.80. The molecule has 8 heavy (non-hydrogen) atoms. The van der Waals surface area contributed by atoms with Gasteiger partial charge in [0.25, 0.3) is 0 Å². The zero-order valence-corrected chi connectivity index (χ0v) is 5.16. The summed E-state index contributed by atoms with van der Waals surface area (Å²) in [6.07, 6.45) is 7.26. The van der Waals surface area contributed by atoms with Crippen LogP contribution in [0.1, 0.15) is 6.42 Å². The Labute approximate surface area is 53.9 Å². The van der Waals surface area contributed by atoms with Crippen LogP contribution in [0.2, 0.25) is 0 Å². The Hall–Kier alpha value is -0.630. The van der Waals surface area contributed by atoms with Crippen molar-refractivity contribution in [3.8, 4) is 0 Å². The standard InChI is InChI=1S/C6H6NS/c7-5-2-1-3-6(8)4-5/h1,4H,3,7H2. The molecule has 0 fully saturated rings. The largest absolute Gasteiger partial charge is 0.398 e. The summed E-state index contributed by atoms with van der Waals surface area (Å²) in [5, 5.41) is 0. The highest BCUT2D eigenvalue weighted by Gasteiger charge is 1.95. The molecule has 0 saturated carbocycles. The monoisotopic (exact) mass is 124 g/mol. The highest BCUT2D eigenvalue weighted by Crippen LogP contribution is 2.01. The smallest absolute Gasteiger partial charge is 0.0402 e. The molecule has 0 aliphatic heterocycles. The average Bonchev–Trinajstić information content (AvgIpc) is 1.64. The molecule has 0 aromatic rings. The molecule has 0 aromatic carbocycles. The fourth-order valence-corrected chi connectivity index (χ4v) is 0.754. The lowest BCUT2D eigenvalue weighted by Crippen LogP contribution is -2.02. The Morgan fingerprint density at radius 2 is 2.50 bits per heavy atom. The van der Waals surface area contributed by atoms with E-state index >= 15 is 0 Å². The van der Waals surface area contributed by atoms with Crippen molar-refractivity contribution in [2.75, 3.05) is 0 Å². The predicted octanol–water partition coefficient (Wildman–Crippen LogP) is 0.962. The lowest BCUT2D eigenvalue weighted by molar-refractivity contribution is 1.33. The minimum Gasteiger partial charge on any atom is -0.398 e. The molecular formula is C6H6NS. The van der Waals surface area contributed by atoms with Crippen molar-refractivity contribution in [3.63, 3.8) is 0 Å². The molecule has 0 saturated heterocycles. The maximum atomic E-state index is 5.36. The summed E-state index contributed by atoms with van der Waals surface area (Å²) in [5.74, 6) is 0. The van der Waals surface area contributed by atoms with Crippen LogP contribution >= 0.6 is 12.2 Å². The molecular weight excluding hydrogens is 118 g/mol. The van der Waals surface area contributed by atoms with Gasteiger partial charge in [0.1, 0.15) is 0 Å². The van der Waals surface area contributed by atoms with Gasteiger partial charge in [-0.3, -0.25) is 0 Å². The molecule has 0 bridgehead atoms. The lowest BCUT2D eigenvalue weighted by atomic mass is 10.1. The fourth-order valence-electron chi connectivity index (χ4n) is 0.544. The molecule has 0 unspecified atom stereocenters. The molecule has 41 valence electrons. The Balaban J connectivity index is 2.77. The summed E-state index contributed by atoms with van der Waals surface area (Å²) >= 11 is 4.86. The quantitative estimate of drug-likeness (QED) is 0.487. The van der Waals surface area contributed by atoms with Gasteiger partial charge in [0.2, 0.25) is 0 Å². The molecule has 1 aliphatic rings. The van der Waals surface area contributed by atoms with Crippen molar-refractivity contribution in [2.24, 2.45) is 5.73 Å². The van der Waals surface area contributed by atoms with Crippen LogP contribution < -0.4 is 5.73 Å². The fraction of sp³-hybridized carbons (Fsp3) is 0.167. The molecule has 1 aliphatic carbocycles. The Morgan fingerprint density at radius 1 is 1.75 bits per heavy atom. The van der Waals surface area contributed by atoms with Gasteiger partial charge in [-0.05, 0) is 6.08 Å². The number of hydrogen-bond donors (Lipinski definition) is 1. The average molecular weight is 124 g/mol. The number of rotatable bonds is 0. The first-order valence-electron chi connectivity index (χ1n) is 2.37. The zero-order chi connectivity index (χ0) is 5.98. The van der Waals surface area contributed by atoms with Gasteiger partial charge in [0, 0.05) is 23.1 Å². The summed E-state index contributed by atoms with van der Waals surface area (Å²) in [6, 6.07) is 0. The van der Waals surface area contributed by atoms with Crippen LogP contribution in [0.4, 0.5) is 0 Å². The van der Waals surface area contributed by atoms with E-state index in [9.17, 15) is 0 Å². The van der Waals surface area contributed by atoms with E-state index < -0.39 is 0 Å². The minimum absolute atomic E-state index is 0.640. The van der Waals surface area contributed by atoms with E-state index in [4.69, 9.17) is 18.0 Å². The van der Waals surface area contributed by atoms with Crippen LogP contribution in [-0.2, 0) is 0 Å². The van der Waals surface area contributed by atoms with E-state index in [-0.39, 0.29) is 0 Å². The summed E-state index contributed by atoms with van der Waals surface area (Å²) < 4.78 is 0. The Bertz CT molecular complexity index is 167. The molecule has 2 N–H and O–H groups in total. The second kappa shape index (κ2) is 2.09. The first-order chi connectivity index (χ1) is 3.79. The van der Waals surface area contributed by atoms with Crippen LogP contribution in [0.3, 0.4) is 0 Å². The molecule has 1 nitrogen and oxygen atoms in total. The number of allylic oxidation sites excluding steroid dienone is 3. The van der Waals surface area contributed by atoms with E-state index in [2.05, 4.69) is 6.08 Å². The van der Waals surface area contributed by atoms with E-state index in [0.29, 0.717) is 5.70 Å². The normalized spacial score (nSPS) is 18.5. The van der Waals surface area contributed by atoms with Gasteiger partial charge in [0.15, 0.2) is 0 Å². The Morgan fingerprint density at radius 3 is 2.88 bits per heavy atom. The van der Waals surface area contributed by atoms with Gasteiger partial charge in [-0.15, -0.1) is 0 Å². The molecule has 0 aromatic heterocycles. The summed E-state index contributed by atoms with van der Waals surface area (Å²) in [6.45, 7) is 0. The van der Waals surface area contributed by atoms with Gasteiger partial charge in [0.05, 0.1) is 0 Å². The third-order valence-electron chi connectivity index (χ3n) is 0.888. The van der Waals surface area contributed by atoms with Crippen LogP contribution in [-0.4, -0.2) is 4.86 Å². The SMILES string of the molecule is NC1=CC(=S)CC=[C]1. The van der Waals surface area contributed by atoms with Crippen LogP contribution in [0.25, 0.3) is 0 Å². The van der Waals surface area contributed by atoms with Crippen molar-refractivity contribution in [1.29, 1.82) is 0 Å². The van der Waals surface area contributed by atoms with Crippen molar-refractivity contribution < 1.29 is 0 Å². The van der Waals surface area contributed by atoms with Crippen LogP contribution in [0.15, 0.2) is 17.8 Å². The second-order valence-corrected chi connectivity index (χ2v) is 2.14. The van der Waals surface area contributed by atoms with E-state index in [1.807, 2.05) is 6.08 Å². The number of hydrogen-bond acceptors (Lipinski definition) is 2. The lowest BCUT2D eigenvalue weighted by Gasteiger charge is -1.98. The Kier molecular flexibility index (Phi) is 1.44. The predicted molar refractivity (Wildman–Crippen MR) is 37.3 cm³/mol.